The predicted octanol–water partition coefficient (Wildman–Crippen LogP) is 4.60. The molecule has 30 heavy (non-hydrogen) atoms. The molecule has 2 aromatic carbocycles. The fourth-order valence-corrected chi connectivity index (χ4v) is 3.81. The van der Waals surface area contributed by atoms with Gasteiger partial charge in [-0.05, 0) is 61.6 Å². The summed E-state index contributed by atoms with van der Waals surface area (Å²) in [4.78, 5) is 24.9. The number of rotatable bonds is 6. The maximum Gasteiger partial charge on any atom is 0.276 e. The van der Waals surface area contributed by atoms with Crippen LogP contribution < -0.4 is 10.6 Å². The van der Waals surface area contributed by atoms with Gasteiger partial charge in [-0.15, -0.1) is 0 Å². The molecule has 0 spiro atoms. The summed E-state index contributed by atoms with van der Waals surface area (Å²) in [5.74, 6) is 0.0872. The monoisotopic (exact) mass is 402 g/mol. The van der Waals surface area contributed by atoms with Crippen LogP contribution in [0.5, 0.6) is 0 Å². The zero-order valence-electron chi connectivity index (χ0n) is 17.3. The van der Waals surface area contributed by atoms with Gasteiger partial charge in [-0.1, -0.05) is 32.0 Å². The Morgan fingerprint density at radius 3 is 2.30 bits per heavy atom. The molecule has 1 aliphatic rings. The first-order chi connectivity index (χ1) is 14.5. The van der Waals surface area contributed by atoms with E-state index in [2.05, 4.69) is 15.7 Å². The summed E-state index contributed by atoms with van der Waals surface area (Å²) in [6, 6.07) is 17.1. The van der Waals surface area contributed by atoms with Crippen molar-refractivity contribution in [2.45, 2.75) is 39.5 Å². The summed E-state index contributed by atoms with van der Waals surface area (Å²) in [6.45, 7) is 4.02. The highest BCUT2D eigenvalue weighted by Crippen LogP contribution is 2.28. The molecule has 6 nitrogen and oxygen atoms in total. The van der Waals surface area contributed by atoms with Crippen LogP contribution in [0.15, 0.2) is 54.6 Å². The Bertz CT molecular complexity index is 1050. The van der Waals surface area contributed by atoms with Crippen molar-refractivity contribution in [2.75, 3.05) is 10.6 Å². The Morgan fingerprint density at radius 1 is 0.967 bits per heavy atom. The minimum Gasteiger partial charge on any atom is -0.326 e. The lowest BCUT2D eigenvalue weighted by molar-refractivity contribution is -0.116. The zero-order chi connectivity index (χ0) is 21.1. The maximum atomic E-state index is 12.9. The number of hydrogen-bond donors (Lipinski definition) is 2. The minimum atomic E-state index is -0.209. The number of benzene rings is 2. The van der Waals surface area contributed by atoms with Crippen LogP contribution in [0.2, 0.25) is 0 Å². The number of para-hydroxylation sites is 1. The Balaban J connectivity index is 1.49. The molecule has 0 fully saturated rings. The summed E-state index contributed by atoms with van der Waals surface area (Å²) in [5, 5.41) is 10.4. The number of carbonyl (C=O) groups is 2. The SMILES string of the molecule is CC(C)CC(=O)Nc1ccc(NC(=O)c2nn(-c3ccccc3)c3c2CCC3)cc1. The van der Waals surface area contributed by atoms with Crippen LogP contribution in [0.3, 0.4) is 0 Å². The smallest absolute Gasteiger partial charge is 0.276 e. The van der Waals surface area contributed by atoms with E-state index in [4.69, 9.17) is 0 Å². The second-order valence-corrected chi connectivity index (χ2v) is 8.05. The molecule has 3 aromatic rings. The molecule has 0 saturated heterocycles. The molecule has 1 heterocycles. The highest BCUT2D eigenvalue weighted by atomic mass is 16.2. The van der Waals surface area contributed by atoms with Gasteiger partial charge in [0.15, 0.2) is 5.69 Å². The number of nitrogens with zero attached hydrogens (tertiary/aromatic N) is 2. The van der Waals surface area contributed by atoms with Crippen LogP contribution in [0.1, 0.15) is 48.4 Å². The molecule has 0 radical (unpaired) electrons. The van der Waals surface area contributed by atoms with Crippen LogP contribution in [0, 0.1) is 5.92 Å². The van der Waals surface area contributed by atoms with E-state index >= 15 is 0 Å². The van der Waals surface area contributed by atoms with Crippen molar-refractivity contribution in [3.8, 4) is 5.69 Å². The second kappa shape index (κ2) is 8.53. The summed E-state index contributed by atoms with van der Waals surface area (Å²) < 4.78 is 1.89. The lowest BCUT2D eigenvalue weighted by Crippen LogP contribution is -2.15. The van der Waals surface area contributed by atoms with Gasteiger partial charge in [-0.2, -0.15) is 5.10 Å². The standard InChI is InChI=1S/C24H26N4O2/c1-16(2)15-22(29)25-17-11-13-18(14-12-17)26-24(30)23-20-9-6-10-21(20)28(27-23)19-7-4-3-5-8-19/h3-5,7-8,11-14,16H,6,9-10,15H2,1-2H3,(H,25,29)(H,26,30). The first-order valence-electron chi connectivity index (χ1n) is 10.4. The van der Waals surface area contributed by atoms with Crippen LogP contribution >= 0.6 is 0 Å². The van der Waals surface area contributed by atoms with Crippen LogP contribution in [-0.4, -0.2) is 21.6 Å². The normalized spacial score (nSPS) is 12.6. The van der Waals surface area contributed by atoms with Crippen LogP contribution in [0.4, 0.5) is 11.4 Å². The van der Waals surface area contributed by atoms with Gasteiger partial charge in [0.05, 0.1) is 5.69 Å². The van der Waals surface area contributed by atoms with Crippen molar-refractivity contribution in [2.24, 2.45) is 5.92 Å². The van der Waals surface area contributed by atoms with Crippen LogP contribution in [0.25, 0.3) is 5.69 Å². The molecule has 6 heteroatoms. The molecule has 0 aliphatic heterocycles. The molecule has 1 aromatic heterocycles. The van der Waals surface area contributed by atoms with Crippen molar-refractivity contribution < 1.29 is 9.59 Å². The van der Waals surface area contributed by atoms with E-state index in [0.29, 0.717) is 29.4 Å². The third-order valence-electron chi connectivity index (χ3n) is 5.17. The second-order valence-electron chi connectivity index (χ2n) is 8.05. The Labute approximate surface area is 176 Å². The summed E-state index contributed by atoms with van der Waals surface area (Å²) >= 11 is 0. The number of anilines is 2. The first-order valence-corrected chi connectivity index (χ1v) is 10.4. The van der Waals surface area contributed by atoms with Gasteiger partial charge in [0.2, 0.25) is 5.91 Å². The summed E-state index contributed by atoms with van der Waals surface area (Å²) in [5.41, 5.74) is 5.00. The topological polar surface area (TPSA) is 76.0 Å². The average molecular weight is 402 g/mol. The zero-order valence-corrected chi connectivity index (χ0v) is 17.3. The van der Waals surface area contributed by atoms with Gasteiger partial charge < -0.3 is 10.6 Å². The van der Waals surface area contributed by atoms with Crippen molar-refractivity contribution in [3.05, 3.63) is 71.5 Å². The van der Waals surface area contributed by atoms with E-state index < -0.39 is 0 Å². The highest BCUT2D eigenvalue weighted by molar-refractivity contribution is 6.04. The molecule has 0 atom stereocenters. The van der Waals surface area contributed by atoms with Gasteiger partial charge in [-0.25, -0.2) is 4.68 Å². The largest absolute Gasteiger partial charge is 0.326 e. The van der Waals surface area contributed by atoms with Crippen molar-refractivity contribution in [1.82, 2.24) is 9.78 Å². The van der Waals surface area contributed by atoms with Crippen molar-refractivity contribution in [3.63, 3.8) is 0 Å². The lowest BCUT2D eigenvalue weighted by Gasteiger charge is -2.09. The number of fused-ring (bicyclic) bond motifs is 1. The number of nitrogens with one attached hydrogen (secondary N) is 2. The summed E-state index contributed by atoms with van der Waals surface area (Å²) in [6.07, 6.45) is 3.31. The molecule has 0 saturated carbocycles. The van der Waals surface area contributed by atoms with E-state index in [-0.39, 0.29) is 11.8 Å². The lowest BCUT2D eigenvalue weighted by atomic mass is 10.1. The van der Waals surface area contributed by atoms with E-state index in [0.717, 1.165) is 36.2 Å². The molecule has 0 unspecified atom stereocenters. The molecule has 4 rings (SSSR count). The molecule has 1 aliphatic carbocycles. The minimum absolute atomic E-state index is 0.0104. The predicted molar refractivity (Wildman–Crippen MR) is 118 cm³/mol. The van der Waals surface area contributed by atoms with E-state index in [1.165, 1.54) is 0 Å². The first kappa shape index (κ1) is 19.9. The molecular formula is C24H26N4O2. The van der Waals surface area contributed by atoms with Gasteiger partial charge in [0.1, 0.15) is 0 Å². The van der Waals surface area contributed by atoms with E-state index in [1.54, 1.807) is 24.3 Å². The Hall–Kier alpha value is -3.41. The quantitative estimate of drug-likeness (QED) is 0.633. The maximum absolute atomic E-state index is 12.9. The number of carbonyl (C=O) groups excluding carboxylic acids is 2. The number of amides is 2. The molecule has 2 amide bonds. The van der Waals surface area contributed by atoms with Crippen LogP contribution in [-0.2, 0) is 17.6 Å². The van der Waals surface area contributed by atoms with Crippen molar-refractivity contribution >= 4 is 23.2 Å². The average Bonchev–Trinajstić information content (AvgIpc) is 3.32. The fraction of sp³-hybridized carbons (Fsp3) is 0.292. The third kappa shape index (κ3) is 4.27. The highest BCUT2D eigenvalue weighted by Gasteiger charge is 2.27. The third-order valence-corrected chi connectivity index (χ3v) is 5.17. The van der Waals surface area contributed by atoms with E-state index in [9.17, 15) is 9.59 Å². The molecular weight excluding hydrogens is 376 g/mol. The van der Waals surface area contributed by atoms with Gasteiger partial charge >= 0.3 is 0 Å². The molecule has 154 valence electrons. The molecule has 2 N–H and O–H groups in total. The van der Waals surface area contributed by atoms with Gasteiger partial charge in [0.25, 0.3) is 5.91 Å². The Kier molecular flexibility index (Phi) is 5.65. The van der Waals surface area contributed by atoms with Gasteiger partial charge in [-0.3, -0.25) is 9.59 Å². The van der Waals surface area contributed by atoms with Crippen molar-refractivity contribution in [1.29, 1.82) is 0 Å². The fourth-order valence-electron chi connectivity index (χ4n) is 3.81. The number of aromatic nitrogens is 2. The summed E-state index contributed by atoms with van der Waals surface area (Å²) in [7, 11) is 0. The number of hydrogen-bond acceptors (Lipinski definition) is 3. The van der Waals surface area contributed by atoms with Gasteiger partial charge in [0, 0.05) is 29.1 Å². The Morgan fingerprint density at radius 2 is 1.63 bits per heavy atom. The van der Waals surface area contributed by atoms with E-state index in [1.807, 2.05) is 48.9 Å². The molecule has 0 bridgehead atoms.